The molecule has 1 aromatic rings. The minimum Gasteiger partial charge on any atom is -0.330 e. The van der Waals surface area contributed by atoms with Crippen LogP contribution < -0.4 is 5.73 Å². The van der Waals surface area contributed by atoms with Crippen molar-refractivity contribution in [2.75, 3.05) is 19.6 Å². The molecule has 1 saturated heterocycles. The zero-order valence-electron chi connectivity index (χ0n) is 12.6. The number of piperidine rings is 1. The highest BCUT2D eigenvalue weighted by Crippen LogP contribution is 2.35. The van der Waals surface area contributed by atoms with E-state index in [1.54, 1.807) is 0 Å². The smallest absolute Gasteiger partial charge is 0.0977 e. The molecule has 1 aliphatic heterocycles. The Morgan fingerprint density at radius 1 is 1.32 bits per heavy atom. The third-order valence-corrected chi connectivity index (χ3v) is 5.69. The van der Waals surface area contributed by atoms with Crippen LogP contribution in [0, 0.1) is 19.8 Å². The Morgan fingerprint density at radius 2 is 1.95 bits per heavy atom. The number of nitrogens with two attached hydrogens (primary N) is 1. The molecule has 2 N–H and O–H groups in total. The second kappa shape index (κ2) is 6.33. The fourth-order valence-electron chi connectivity index (χ4n) is 2.99. The lowest BCUT2D eigenvalue weighted by Gasteiger charge is -2.37. The van der Waals surface area contributed by atoms with Crippen molar-refractivity contribution in [3.05, 3.63) is 15.6 Å². The van der Waals surface area contributed by atoms with E-state index >= 15 is 0 Å². The second-order valence-electron chi connectivity index (χ2n) is 6.00. The number of rotatable bonds is 4. The van der Waals surface area contributed by atoms with Gasteiger partial charge in [-0.3, -0.25) is 0 Å². The van der Waals surface area contributed by atoms with Crippen molar-refractivity contribution in [1.29, 1.82) is 0 Å². The van der Waals surface area contributed by atoms with Crippen LogP contribution in [-0.2, 0) is 0 Å². The van der Waals surface area contributed by atoms with E-state index in [9.17, 15) is 0 Å². The van der Waals surface area contributed by atoms with Gasteiger partial charge in [0, 0.05) is 23.4 Å². The molecule has 4 heteroatoms. The first-order chi connectivity index (χ1) is 9.02. The number of nitrogens with zero attached hydrogens (tertiary/aromatic N) is 2. The van der Waals surface area contributed by atoms with E-state index in [1.807, 2.05) is 11.3 Å². The molecule has 1 fully saturated rings. The lowest BCUT2D eigenvalue weighted by atomic mass is 9.84. The highest BCUT2D eigenvalue weighted by Gasteiger charge is 2.29. The molecular formula is C15H27N3S. The summed E-state index contributed by atoms with van der Waals surface area (Å²) in [5, 5.41) is 1.26. The normalized spacial score (nSPS) is 20.1. The van der Waals surface area contributed by atoms with E-state index in [-0.39, 0.29) is 0 Å². The maximum absolute atomic E-state index is 6.04. The fraction of sp³-hybridized carbons (Fsp3) is 0.800. The maximum Gasteiger partial charge on any atom is 0.0977 e. The van der Waals surface area contributed by atoms with E-state index in [2.05, 4.69) is 32.6 Å². The Morgan fingerprint density at radius 3 is 2.37 bits per heavy atom. The van der Waals surface area contributed by atoms with Crippen molar-refractivity contribution in [2.24, 2.45) is 11.7 Å². The van der Waals surface area contributed by atoms with Gasteiger partial charge in [0.25, 0.3) is 0 Å². The topological polar surface area (TPSA) is 42.1 Å². The lowest BCUT2D eigenvalue weighted by molar-refractivity contribution is 0.138. The molecule has 1 aromatic heterocycles. The van der Waals surface area contributed by atoms with Crippen molar-refractivity contribution in [1.82, 2.24) is 9.88 Å². The summed E-state index contributed by atoms with van der Waals surface area (Å²) >= 11 is 1.84. The van der Waals surface area contributed by atoms with Crippen LogP contribution in [0.25, 0.3) is 0 Å². The van der Waals surface area contributed by atoms with Crippen LogP contribution in [0.4, 0.5) is 0 Å². The van der Waals surface area contributed by atoms with Crippen LogP contribution in [0.3, 0.4) is 0 Å². The number of hydrogen-bond donors (Lipinski definition) is 1. The summed E-state index contributed by atoms with van der Waals surface area (Å²) < 4.78 is 0. The van der Waals surface area contributed by atoms with Crippen LogP contribution >= 0.6 is 11.3 Å². The third kappa shape index (κ3) is 3.36. The lowest BCUT2D eigenvalue weighted by Crippen LogP contribution is -2.40. The van der Waals surface area contributed by atoms with E-state index in [0.29, 0.717) is 17.9 Å². The molecule has 0 aliphatic carbocycles. The molecule has 0 spiro atoms. The number of hydrogen-bond acceptors (Lipinski definition) is 4. The van der Waals surface area contributed by atoms with Crippen LogP contribution in [0.15, 0.2) is 0 Å². The molecule has 2 rings (SSSR count). The molecule has 1 unspecified atom stereocenters. The fourth-order valence-corrected chi connectivity index (χ4v) is 4.12. The molecule has 19 heavy (non-hydrogen) atoms. The van der Waals surface area contributed by atoms with Gasteiger partial charge < -0.3 is 10.6 Å². The Bertz CT molecular complexity index is 386. The van der Waals surface area contributed by atoms with Gasteiger partial charge in [-0.1, -0.05) is 0 Å². The van der Waals surface area contributed by atoms with E-state index in [0.717, 1.165) is 6.54 Å². The summed E-state index contributed by atoms with van der Waals surface area (Å²) in [5.74, 6) is 1.18. The minimum absolute atomic E-state index is 0.465. The first-order valence-electron chi connectivity index (χ1n) is 7.41. The van der Waals surface area contributed by atoms with Gasteiger partial charge in [0.05, 0.1) is 10.7 Å². The molecule has 1 aliphatic rings. The Hall–Kier alpha value is -0.450. The molecule has 1 atom stereocenters. The van der Waals surface area contributed by atoms with E-state index in [1.165, 1.54) is 41.5 Å². The van der Waals surface area contributed by atoms with Gasteiger partial charge >= 0.3 is 0 Å². The van der Waals surface area contributed by atoms with Gasteiger partial charge in [0.2, 0.25) is 0 Å². The molecule has 0 radical (unpaired) electrons. The highest BCUT2D eigenvalue weighted by molar-refractivity contribution is 7.11. The quantitative estimate of drug-likeness (QED) is 0.922. The molecule has 0 aromatic carbocycles. The average Bonchev–Trinajstić information content (AvgIpc) is 2.71. The van der Waals surface area contributed by atoms with Crippen LogP contribution in [0.5, 0.6) is 0 Å². The molecule has 0 amide bonds. The second-order valence-corrected chi connectivity index (χ2v) is 7.24. The number of thiazole rings is 1. The Balaban J connectivity index is 2.03. The van der Waals surface area contributed by atoms with Gasteiger partial charge in [-0.2, -0.15) is 0 Å². The van der Waals surface area contributed by atoms with Gasteiger partial charge in [-0.05, 0) is 59.5 Å². The molecule has 0 bridgehead atoms. The first kappa shape index (κ1) is 14.9. The Kier molecular flexibility index (Phi) is 4.98. The first-order valence-corrected chi connectivity index (χ1v) is 8.22. The van der Waals surface area contributed by atoms with E-state index in [4.69, 9.17) is 10.7 Å². The van der Waals surface area contributed by atoms with Gasteiger partial charge in [-0.15, -0.1) is 11.3 Å². The number of likely N-dealkylation sites (tertiary alicyclic amines) is 1. The highest BCUT2D eigenvalue weighted by atomic mass is 32.1. The van der Waals surface area contributed by atoms with Gasteiger partial charge in [0.1, 0.15) is 0 Å². The summed E-state index contributed by atoms with van der Waals surface area (Å²) in [6.45, 7) is 12.0. The molecule has 2 heterocycles. The van der Waals surface area contributed by atoms with Crippen molar-refractivity contribution < 1.29 is 0 Å². The van der Waals surface area contributed by atoms with Crippen LogP contribution in [0.1, 0.15) is 48.2 Å². The predicted molar refractivity (Wildman–Crippen MR) is 82.8 cm³/mol. The SMILES string of the molecule is Cc1nc(C(CN)C2CCN(C(C)C)CC2)sc1C. The minimum atomic E-state index is 0.465. The van der Waals surface area contributed by atoms with Crippen molar-refractivity contribution in [3.63, 3.8) is 0 Å². The summed E-state index contributed by atoms with van der Waals surface area (Å²) in [6.07, 6.45) is 2.52. The van der Waals surface area contributed by atoms with Crippen molar-refractivity contribution in [3.8, 4) is 0 Å². The molecule has 0 saturated carbocycles. The van der Waals surface area contributed by atoms with Crippen LogP contribution in [0.2, 0.25) is 0 Å². The maximum atomic E-state index is 6.04. The number of aromatic nitrogens is 1. The van der Waals surface area contributed by atoms with Crippen LogP contribution in [-0.4, -0.2) is 35.6 Å². The standard InChI is InChI=1S/C15H27N3S/c1-10(2)18-7-5-13(6-8-18)14(9-16)15-17-11(3)12(4)19-15/h10,13-14H,5-9,16H2,1-4H3. The molecule has 3 nitrogen and oxygen atoms in total. The van der Waals surface area contributed by atoms with Crippen molar-refractivity contribution in [2.45, 2.75) is 52.5 Å². The van der Waals surface area contributed by atoms with Gasteiger partial charge in [-0.25, -0.2) is 4.98 Å². The largest absolute Gasteiger partial charge is 0.330 e. The summed E-state index contributed by atoms with van der Waals surface area (Å²) in [4.78, 5) is 8.65. The zero-order chi connectivity index (χ0) is 14.0. The third-order valence-electron chi connectivity index (χ3n) is 4.49. The zero-order valence-corrected chi connectivity index (χ0v) is 13.5. The summed E-state index contributed by atoms with van der Waals surface area (Å²) in [5.41, 5.74) is 7.22. The Labute approximate surface area is 121 Å². The average molecular weight is 281 g/mol. The van der Waals surface area contributed by atoms with Gasteiger partial charge in [0.15, 0.2) is 0 Å². The summed E-state index contributed by atoms with van der Waals surface area (Å²) in [6, 6.07) is 0.668. The monoisotopic (exact) mass is 281 g/mol. The molecular weight excluding hydrogens is 254 g/mol. The molecule has 108 valence electrons. The number of aryl methyl sites for hydroxylation is 2. The van der Waals surface area contributed by atoms with Crippen molar-refractivity contribution >= 4 is 11.3 Å². The summed E-state index contributed by atoms with van der Waals surface area (Å²) in [7, 11) is 0. The predicted octanol–water partition coefficient (Wildman–Crippen LogP) is 2.92. The van der Waals surface area contributed by atoms with E-state index < -0.39 is 0 Å².